The Hall–Kier alpha value is -3.22. The van der Waals surface area contributed by atoms with Crippen LogP contribution in [0.2, 0.25) is 0 Å². The smallest absolute Gasteiger partial charge is 0.335 e. The number of rotatable bonds is 4. The molecule has 0 unspecified atom stereocenters. The van der Waals surface area contributed by atoms with Gasteiger partial charge in [0.2, 0.25) is 5.91 Å². The summed E-state index contributed by atoms with van der Waals surface area (Å²) in [5.74, 6) is -0.407. The van der Waals surface area contributed by atoms with Crippen LogP contribution in [-0.4, -0.2) is 31.6 Å². The summed E-state index contributed by atoms with van der Waals surface area (Å²) in [5, 5.41) is 16.5. The van der Waals surface area contributed by atoms with E-state index in [1.165, 1.54) is 0 Å². The van der Waals surface area contributed by atoms with E-state index in [9.17, 15) is 14.7 Å². The fourth-order valence-electron chi connectivity index (χ4n) is 2.69. The number of carboxylic acid groups (broad SMARTS) is 1. The molecule has 2 heterocycles. The number of nitrogens with one attached hydrogen (secondary N) is 1. The second kappa shape index (κ2) is 5.70. The van der Waals surface area contributed by atoms with E-state index in [2.05, 4.69) is 15.4 Å². The molecule has 126 valence electrons. The number of aromatic nitrogens is 3. The van der Waals surface area contributed by atoms with Gasteiger partial charge in [-0.2, -0.15) is 5.10 Å². The fourth-order valence-corrected chi connectivity index (χ4v) is 2.69. The Morgan fingerprint density at radius 3 is 2.76 bits per heavy atom. The Labute approximate surface area is 143 Å². The molecule has 2 N–H and O–H groups in total. The second-order valence-electron chi connectivity index (χ2n) is 6.25. The summed E-state index contributed by atoms with van der Waals surface area (Å²) < 4.78 is 1.59. The minimum atomic E-state index is -0.977. The van der Waals surface area contributed by atoms with Crippen molar-refractivity contribution in [3.63, 3.8) is 0 Å². The van der Waals surface area contributed by atoms with Crippen molar-refractivity contribution >= 4 is 23.3 Å². The fraction of sp³-hybridized carbons (Fsp3) is 0.222. The molecule has 7 heteroatoms. The van der Waals surface area contributed by atoms with Crippen molar-refractivity contribution in [1.29, 1.82) is 0 Å². The molecule has 0 saturated heterocycles. The third-order valence-corrected chi connectivity index (χ3v) is 4.28. The minimum absolute atomic E-state index is 0.00589. The zero-order valence-corrected chi connectivity index (χ0v) is 13.6. The lowest BCUT2D eigenvalue weighted by molar-refractivity contribution is -0.117. The van der Waals surface area contributed by atoms with Crippen LogP contribution in [0.1, 0.15) is 28.8 Å². The number of imidazole rings is 1. The van der Waals surface area contributed by atoms with E-state index < -0.39 is 5.97 Å². The molecule has 0 aliphatic heterocycles. The third kappa shape index (κ3) is 2.96. The van der Waals surface area contributed by atoms with Crippen molar-refractivity contribution in [2.75, 3.05) is 5.32 Å². The van der Waals surface area contributed by atoms with Gasteiger partial charge in [-0.3, -0.25) is 4.79 Å². The second-order valence-corrected chi connectivity index (χ2v) is 6.25. The Morgan fingerprint density at radius 1 is 1.24 bits per heavy atom. The number of benzene rings is 1. The van der Waals surface area contributed by atoms with E-state index >= 15 is 0 Å². The summed E-state index contributed by atoms with van der Waals surface area (Å²) in [6.45, 7) is 1.90. The van der Waals surface area contributed by atoms with Gasteiger partial charge >= 0.3 is 5.97 Å². The number of carboxylic acids is 1. The summed E-state index contributed by atoms with van der Waals surface area (Å²) in [4.78, 5) is 27.4. The molecule has 25 heavy (non-hydrogen) atoms. The van der Waals surface area contributed by atoms with Crippen LogP contribution in [0, 0.1) is 12.8 Å². The lowest BCUT2D eigenvalue weighted by Gasteiger charge is -2.06. The van der Waals surface area contributed by atoms with Crippen molar-refractivity contribution in [2.45, 2.75) is 19.8 Å². The first-order valence-corrected chi connectivity index (χ1v) is 8.03. The van der Waals surface area contributed by atoms with Crippen LogP contribution in [0.3, 0.4) is 0 Å². The molecular formula is C18H16N4O3. The Balaban J connectivity index is 1.70. The maximum atomic E-state index is 11.8. The van der Waals surface area contributed by atoms with Crippen LogP contribution in [0.5, 0.6) is 0 Å². The predicted molar refractivity (Wildman–Crippen MR) is 91.5 cm³/mol. The number of nitrogens with zero attached hydrogens (tertiary/aromatic N) is 3. The Morgan fingerprint density at radius 2 is 2.04 bits per heavy atom. The van der Waals surface area contributed by atoms with Crippen molar-refractivity contribution in [3.8, 4) is 11.3 Å². The number of fused-ring (bicyclic) bond motifs is 1. The molecule has 3 aromatic rings. The number of aryl methyl sites for hydroxylation is 1. The van der Waals surface area contributed by atoms with Crippen LogP contribution in [0.4, 0.5) is 5.82 Å². The number of carbonyl (C=O) groups is 2. The molecule has 0 atom stereocenters. The highest BCUT2D eigenvalue weighted by atomic mass is 16.4. The van der Waals surface area contributed by atoms with E-state index in [4.69, 9.17) is 0 Å². The van der Waals surface area contributed by atoms with Gasteiger partial charge in [-0.25, -0.2) is 14.3 Å². The van der Waals surface area contributed by atoms with Crippen molar-refractivity contribution < 1.29 is 14.7 Å². The number of hydrogen-bond donors (Lipinski definition) is 2. The van der Waals surface area contributed by atoms with Crippen LogP contribution in [0.15, 0.2) is 36.5 Å². The number of hydrogen-bond acceptors (Lipinski definition) is 4. The van der Waals surface area contributed by atoms with Crippen LogP contribution in [0.25, 0.3) is 16.9 Å². The molecule has 1 aliphatic rings. The minimum Gasteiger partial charge on any atom is -0.478 e. The molecule has 0 spiro atoms. The molecule has 0 radical (unpaired) electrons. The first-order chi connectivity index (χ1) is 12.0. The first-order valence-electron chi connectivity index (χ1n) is 8.03. The summed E-state index contributed by atoms with van der Waals surface area (Å²) in [6, 6.07) is 8.53. The van der Waals surface area contributed by atoms with Crippen molar-refractivity contribution in [3.05, 3.63) is 47.7 Å². The zero-order chi connectivity index (χ0) is 17.6. The van der Waals surface area contributed by atoms with Crippen LogP contribution in [-0.2, 0) is 4.79 Å². The SMILES string of the molecule is Cc1ccc(C(=O)O)cc1-c1ccc2nc(NC(=O)C3CC3)cn2n1. The average Bonchev–Trinajstić information content (AvgIpc) is 3.35. The first kappa shape index (κ1) is 15.3. The summed E-state index contributed by atoms with van der Waals surface area (Å²) in [5.41, 5.74) is 3.15. The molecule has 4 rings (SSSR count). The van der Waals surface area contributed by atoms with Gasteiger partial charge in [-0.1, -0.05) is 6.07 Å². The van der Waals surface area contributed by atoms with Crippen molar-refractivity contribution in [2.24, 2.45) is 5.92 Å². The maximum absolute atomic E-state index is 11.8. The molecule has 0 bridgehead atoms. The van der Waals surface area contributed by atoms with E-state index in [0.717, 1.165) is 24.0 Å². The summed E-state index contributed by atoms with van der Waals surface area (Å²) >= 11 is 0. The number of aromatic carboxylic acids is 1. The quantitative estimate of drug-likeness (QED) is 0.763. The highest BCUT2D eigenvalue weighted by Crippen LogP contribution is 2.30. The molecule has 1 aliphatic carbocycles. The highest BCUT2D eigenvalue weighted by molar-refractivity contribution is 5.93. The molecule has 1 amide bonds. The third-order valence-electron chi connectivity index (χ3n) is 4.28. The normalized spacial score (nSPS) is 13.8. The van der Waals surface area contributed by atoms with Gasteiger partial charge in [0.1, 0.15) is 0 Å². The van der Waals surface area contributed by atoms with Gasteiger partial charge in [-0.15, -0.1) is 0 Å². The van der Waals surface area contributed by atoms with Crippen LogP contribution < -0.4 is 5.32 Å². The van der Waals surface area contributed by atoms with Crippen LogP contribution >= 0.6 is 0 Å². The number of anilines is 1. The van der Waals surface area contributed by atoms with E-state index in [1.54, 1.807) is 41.0 Å². The monoisotopic (exact) mass is 336 g/mol. The Bertz CT molecular complexity index is 1000. The molecule has 1 saturated carbocycles. The molecule has 1 aromatic carbocycles. The van der Waals surface area contributed by atoms with E-state index in [1.807, 2.05) is 6.92 Å². The van der Waals surface area contributed by atoms with Gasteiger partial charge in [0.05, 0.1) is 17.5 Å². The molecule has 2 aromatic heterocycles. The molecule has 1 fully saturated rings. The topological polar surface area (TPSA) is 96.6 Å². The summed E-state index contributed by atoms with van der Waals surface area (Å²) in [6.07, 6.45) is 3.52. The van der Waals surface area contributed by atoms with Gasteiger partial charge < -0.3 is 10.4 Å². The number of carbonyl (C=O) groups excluding carboxylic acids is 1. The van der Waals surface area contributed by atoms with E-state index in [0.29, 0.717) is 17.2 Å². The van der Waals surface area contributed by atoms with Gasteiger partial charge in [0.25, 0.3) is 0 Å². The lowest BCUT2D eigenvalue weighted by Crippen LogP contribution is -2.13. The standard InChI is InChI=1S/C18H16N4O3/c1-10-2-3-12(18(24)25)8-13(10)14-6-7-16-19-15(9-22(16)21-14)20-17(23)11-4-5-11/h2-3,6-9,11H,4-5H2,1H3,(H,20,23)(H,24,25). The molecular weight excluding hydrogens is 320 g/mol. The van der Waals surface area contributed by atoms with Gasteiger partial charge in [0, 0.05) is 11.5 Å². The van der Waals surface area contributed by atoms with Gasteiger partial charge in [0.15, 0.2) is 11.5 Å². The lowest BCUT2D eigenvalue weighted by atomic mass is 10.0. The highest BCUT2D eigenvalue weighted by Gasteiger charge is 2.30. The van der Waals surface area contributed by atoms with E-state index in [-0.39, 0.29) is 17.4 Å². The van der Waals surface area contributed by atoms with Crippen molar-refractivity contribution in [1.82, 2.24) is 14.6 Å². The average molecular weight is 336 g/mol. The predicted octanol–water partition coefficient (Wildman–Crippen LogP) is 2.75. The van der Waals surface area contributed by atoms with Gasteiger partial charge in [-0.05, 0) is 49.6 Å². The largest absolute Gasteiger partial charge is 0.478 e. The zero-order valence-electron chi connectivity index (χ0n) is 13.6. The Kier molecular flexibility index (Phi) is 3.49. The number of amides is 1. The molecule has 7 nitrogen and oxygen atoms in total. The summed E-state index contributed by atoms with van der Waals surface area (Å²) in [7, 11) is 0. The maximum Gasteiger partial charge on any atom is 0.335 e.